The summed E-state index contributed by atoms with van der Waals surface area (Å²) in [5, 5.41) is 4.52. The van der Waals surface area contributed by atoms with Crippen LogP contribution in [-0.4, -0.2) is 33.4 Å². The first-order valence-corrected chi connectivity index (χ1v) is 9.31. The summed E-state index contributed by atoms with van der Waals surface area (Å²) in [7, 11) is 0. The van der Waals surface area contributed by atoms with Crippen LogP contribution < -0.4 is 11.1 Å². The first kappa shape index (κ1) is 15.8. The van der Waals surface area contributed by atoms with Gasteiger partial charge in [-0.25, -0.2) is 9.97 Å². The Morgan fingerprint density at radius 3 is 2.92 bits per heavy atom. The molecule has 3 heterocycles. The second-order valence-corrected chi connectivity index (χ2v) is 7.29. The van der Waals surface area contributed by atoms with Crippen LogP contribution in [0.3, 0.4) is 0 Å². The number of anilines is 1. The maximum absolute atomic E-state index is 6.25. The third-order valence-electron chi connectivity index (χ3n) is 5.73. The van der Waals surface area contributed by atoms with Crippen molar-refractivity contribution in [1.29, 1.82) is 0 Å². The quantitative estimate of drug-likeness (QED) is 0.743. The van der Waals surface area contributed by atoms with Gasteiger partial charge in [0.05, 0.1) is 12.0 Å². The lowest BCUT2D eigenvalue weighted by Crippen LogP contribution is -2.45. The number of benzene rings is 1. The second-order valence-electron chi connectivity index (χ2n) is 7.29. The Hall–Kier alpha value is -2.44. The van der Waals surface area contributed by atoms with Crippen molar-refractivity contribution < 1.29 is 4.74 Å². The molecule has 3 N–H and O–H groups in total. The van der Waals surface area contributed by atoms with E-state index in [9.17, 15) is 0 Å². The number of nitrogens with one attached hydrogen (secondary N) is 1. The van der Waals surface area contributed by atoms with Gasteiger partial charge in [-0.1, -0.05) is 30.3 Å². The minimum absolute atomic E-state index is 0.176. The highest BCUT2D eigenvalue weighted by Crippen LogP contribution is 2.41. The molecular formula is C20H23N5O. The highest BCUT2D eigenvalue weighted by Gasteiger charge is 2.40. The van der Waals surface area contributed by atoms with Crippen molar-refractivity contribution in [3.05, 3.63) is 42.9 Å². The van der Waals surface area contributed by atoms with Gasteiger partial charge >= 0.3 is 0 Å². The number of fused-ring (bicyclic) bond motifs is 1. The summed E-state index contributed by atoms with van der Waals surface area (Å²) >= 11 is 0. The van der Waals surface area contributed by atoms with Crippen LogP contribution in [0.4, 0.5) is 5.82 Å². The molecule has 2 fully saturated rings. The molecule has 6 nitrogen and oxygen atoms in total. The molecule has 5 rings (SSSR count). The van der Waals surface area contributed by atoms with E-state index in [2.05, 4.69) is 38.2 Å². The fourth-order valence-electron chi connectivity index (χ4n) is 4.54. The SMILES string of the molecule is Nc1ncnc2c1c(-c1ccccc1)cn2C1CCCC2(C1)NCCO2. The van der Waals surface area contributed by atoms with E-state index in [1.165, 1.54) is 0 Å². The first-order valence-electron chi connectivity index (χ1n) is 9.31. The van der Waals surface area contributed by atoms with Gasteiger partial charge < -0.3 is 15.0 Å². The van der Waals surface area contributed by atoms with Gasteiger partial charge in [0.25, 0.3) is 0 Å². The normalized spacial score (nSPS) is 25.9. The predicted molar refractivity (Wildman–Crippen MR) is 102 cm³/mol. The Kier molecular flexibility index (Phi) is 3.69. The van der Waals surface area contributed by atoms with Gasteiger partial charge in [-0.2, -0.15) is 0 Å². The van der Waals surface area contributed by atoms with Crippen LogP contribution in [0.2, 0.25) is 0 Å². The molecule has 3 aromatic rings. The van der Waals surface area contributed by atoms with E-state index >= 15 is 0 Å². The Morgan fingerprint density at radius 1 is 1.23 bits per heavy atom. The molecule has 1 aliphatic carbocycles. The number of hydrogen-bond acceptors (Lipinski definition) is 5. The lowest BCUT2D eigenvalue weighted by Gasteiger charge is -2.38. The molecule has 2 aliphatic rings. The largest absolute Gasteiger partial charge is 0.383 e. The van der Waals surface area contributed by atoms with Gasteiger partial charge in [0.15, 0.2) is 0 Å². The third-order valence-corrected chi connectivity index (χ3v) is 5.73. The van der Waals surface area contributed by atoms with Crippen molar-refractivity contribution in [2.24, 2.45) is 0 Å². The number of rotatable bonds is 2. The van der Waals surface area contributed by atoms with E-state index in [1.54, 1.807) is 6.33 Å². The van der Waals surface area contributed by atoms with Crippen molar-refractivity contribution in [2.75, 3.05) is 18.9 Å². The summed E-state index contributed by atoms with van der Waals surface area (Å²) in [6, 6.07) is 10.7. The lowest BCUT2D eigenvalue weighted by molar-refractivity contribution is -0.0512. The zero-order chi connectivity index (χ0) is 17.6. The highest BCUT2D eigenvalue weighted by atomic mass is 16.5. The zero-order valence-corrected chi connectivity index (χ0v) is 14.7. The van der Waals surface area contributed by atoms with Gasteiger partial charge in [-0.3, -0.25) is 5.32 Å². The molecule has 1 saturated heterocycles. The predicted octanol–water partition coefficient (Wildman–Crippen LogP) is 3.11. The van der Waals surface area contributed by atoms with Gasteiger partial charge in [-0.05, 0) is 24.8 Å². The zero-order valence-electron chi connectivity index (χ0n) is 14.7. The van der Waals surface area contributed by atoms with Gasteiger partial charge in [-0.15, -0.1) is 0 Å². The Morgan fingerprint density at radius 2 is 2.12 bits per heavy atom. The van der Waals surface area contributed by atoms with Gasteiger partial charge in [0, 0.05) is 30.8 Å². The van der Waals surface area contributed by atoms with E-state index in [-0.39, 0.29) is 5.72 Å². The highest BCUT2D eigenvalue weighted by molar-refractivity contribution is 6.00. The Labute approximate surface area is 152 Å². The van der Waals surface area contributed by atoms with Crippen molar-refractivity contribution in [3.63, 3.8) is 0 Å². The van der Waals surface area contributed by atoms with Crippen LogP contribution in [0.5, 0.6) is 0 Å². The third kappa shape index (κ3) is 2.48. The van der Waals surface area contributed by atoms with Gasteiger partial charge in [0.1, 0.15) is 23.5 Å². The van der Waals surface area contributed by atoms with Gasteiger partial charge in [0.2, 0.25) is 0 Å². The van der Waals surface area contributed by atoms with Crippen LogP contribution in [0.1, 0.15) is 31.7 Å². The molecule has 134 valence electrons. The minimum Gasteiger partial charge on any atom is -0.383 e. The number of ether oxygens (including phenoxy) is 1. The van der Waals surface area contributed by atoms with Crippen LogP contribution >= 0.6 is 0 Å². The molecule has 2 unspecified atom stereocenters. The molecular weight excluding hydrogens is 326 g/mol. The summed E-state index contributed by atoms with van der Waals surface area (Å²) < 4.78 is 8.37. The van der Waals surface area contributed by atoms with E-state index in [1.807, 2.05) is 18.2 Å². The molecule has 1 saturated carbocycles. The standard InChI is InChI=1S/C20H23N5O/c21-18-17-16(14-5-2-1-3-6-14)12-25(19(17)23-13-22-18)15-7-4-8-20(11-15)24-9-10-26-20/h1-3,5-6,12-13,15,24H,4,7-11H2,(H2,21,22,23). The second kappa shape index (κ2) is 6.07. The summed E-state index contributed by atoms with van der Waals surface area (Å²) in [6.07, 6.45) is 8.04. The number of hydrogen-bond donors (Lipinski definition) is 2. The summed E-state index contributed by atoms with van der Waals surface area (Å²) in [6.45, 7) is 1.73. The summed E-state index contributed by atoms with van der Waals surface area (Å²) in [5.74, 6) is 0.536. The van der Waals surface area contributed by atoms with E-state index in [4.69, 9.17) is 10.5 Å². The van der Waals surface area contributed by atoms with Crippen LogP contribution in [-0.2, 0) is 4.74 Å². The molecule has 1 spiro atoms. The Balaban J connectivity index is 1.63. The summed E-state index contributed by atoms with van der Waals surface area (Å²) in [4.78, 5) is 8.83. The molecule has 0 bridgehead atoms. The molecule has 0 radical (unpaired) electrons. The average molecular weight is 349 g/mol. The van der Waals surface area contributed by atoms with E-state index < -0.39 is 0 Å². The molecule has 1 aromatic carbocycles. The van der Waals surface area contributed by atoms with E-state index in [0.29, 0.717) is 11.9 Å². The van der Waals surface area contributed by atoms with Crippen molar-refractivity contribution >= 4 is 16.9 Å². The van der Waals surface area contributed by atoms with Crippen molar-refractivity contribution in [1.82, 2.24) is 19.9 Å². The van der Waals surface area contributed by atoms with Crippen LogP contribution in [0.25, 0.3) is 22.2 Å². The molecule has 1 aliphatic heterocycles. The van der Waals surface area contributed by atoms with Crippen LogP contribution in [0, 0.1) is 0 Å². The summed E-state index contributed by atoms with van der Waals surface area (Å²) in [5.41, 5.74) is 9.22. The number of aromatic nitrogens is 3. The number of nitrogens with two attached hydrogens (primary N) is 1. The fourth-order valence-corrected chi connectivity index (χ4v) is 4.54. The maximum atomic E-state index is 6.25. The van der Waals surface area contributed by atoms with Crippen molar-refractivity contribution in [3.8, 4) is 11.1 Å². The van der Waals surface area contributed by atoms with E-state index in [0.717, 1.165) is 61.0 Å². The van der Waals surface area contributed by atoms with Crippen LogP contribution in [0.15, 0.2) is 42.9 Å². The first-order chi connectivity index (χ1) is 12.8. The lowest BCUT2D eigenvalue weighted by atomic mass is 9.87. The molecule has 2 aromatic heterocycles. The Bertz CT molecular complexity index is 930. The number of nitrogen functional groups attached to an aromatic ring is 1. The molecule has 2 atom stereocenters. The smallest absolute Gasteiger partial charge is 0.146 e. The molecule has 26 heavy (non-hydrogen) atoms. The maximum Gasteiger partial charge on any atom is 0.146 e. The molecule has 6 heteroatoms. The monoisotopic (exact) mass is 349 g/mol. The minimum atomic E-state index is -0.176. The fraction of sp³-hybridized carbons (Fsp3) is 0.400. The van der Waals surface area contributed by atoms with Crippen molar-refractivity contribution in [2.45, 2.75) is 37.5 Å². The number of nitrogens with zero attached hydrogens (tertiary/aromatic N) is 3. The average Bonchev–Trinajstić information content (AvgIpc) is 3.28. The topological polar surface area (TPSA) is 78.0 Å². The molecule has 0 amide bonds.